The molecular formula is C8H12BrNS. The zero-order valence-electron chi connectivity index (χ0n) is 6.67. The summed E-state index contributed by atoms with van der Waals surface area (Å²) < 4.78 is 1.16. The third kappa shape index (κ3) is 2.29. The Bertz CT molecular complexity index is 232. The molecule has 2 N–H and O–H groups in total. The lowest BCUT2D eigenvalue weighted by Crippen LogP contribution is -2.14. The molecule has 0 saturated carbocycles. The highest BCUT2D eigenvalue weighted by Crippen LogP contribution is 2.29. The van der Waals surface area contributed by atoms with Gasteiger partial charge < -0.3 is 5.73 Å². The summed E-state index contributed by atoms with van der Waals surface area (Å²) in [5, 5.41) is 0. The first-order chi connectivity index (χ1) is 5.11. The number of thiophene rings is 1. The number of hydrogen-bond acceptors (Lipinski definition) is 2. The van der Waals surface area contributed by atoms with E-state index >= 15 is 0 Å². The highest BCUT2D eigenvalue weighted by molar-refractivity contribution is 9.11. The van der Waals surface area contributed by atoms with Gasteiger partial charge in [0.1, 0.15) is 0 Å². The first kappa shape index (κ1) is 9.23. The van der Waals surface area contributed by atoms with E-state index in [1.54, 1.807) is 11.3 Å². The fourth-order valence-corrected chi connectivity index (χ4v) is 2.43. The summed E-state index contributed by atoms with van der Waals surface area (Å²) in [4.78, 5) is 1.26. The second kappa shape index (κ2) is 3.70. The van der Waals surface area contributed by atoms with Crippen LogP contribution in [-0.4, -0.2) is 0 Å². The van der Waals surface area contributed by atoms with Crippen LogP contribution in [0.3, 0.4) is 0 Å². The second-order valence-corrected chi connectivity index (χ2v) is 5.41. The van der Waals surface area contributed by atoms with Gasteiger partial charge in [-0.25, -0.2) is 0 Å². The molecular weight excluding hydrogens is 222 g/mol. The molecule has 1 aromatic rings. The Morgan fingerprint density at radius 3 is 2.45 bits per heavy atom. The maximum absolute atomic E-state index is 5.94. The average Bonchev–Trinajstić information content (AvgIpc) is 2.34. The Labute approximate surface area is 79.7 Å². The topological polar surface area (TPSA) is 26.0 Å². The lowest BCUT2D eigenvalue weighted by Gasteiger charge is -2.12. The Morgan fingerprint density at radius 2 is 2.09 bits per heavy atom. The average molecular weight is 234 g/mol. The number of hydrogen-bond donors (Lipinski definition) is 1. The van der Waals surface area contributed by atoms with Crippen molar-refractivity contribution < 1.29 is 0 Å². The molecule has 0 aliphatic carbocycles. The Kier molecular flexibility index (Phi) is 3.10. The lowest BCUT2D eigenvalue weighted by molar-refractivity contribution is 0.521. The van der Waals surface area contributed by atoms with Crippen molar-refractivity contribution >= 4 is 27.3 Å². The molecule has 0 aromatic carbocycles. The van der Waals surface area contributed by atoms with Crippen LogP contribution >= 0.6 is 27.3 Å². The minimum atomic E-state index is 0.186. The number of nitrogens with two attached hydrogens (primary N) is 1. The quantitative estimate of drug-likeness (QED) is 0.835. The molecule has 0 bridgehead atoms. The molecule has 0 unspecified atom stereocenters. The Morgan fingerprint density at radius 1 is 1.45 bits per heavy atom. The molecule has 0 aliphatic rings. The van der Waals surface area contributed by atoms with Crippen LogP contribution < -0.4 is 5.73 Å². The summed E-state index contributed by atoms with van der Waals surface area (Å²) in [5.41, 5.74) is 5.94. The van der Waals surface area contributed by atoms with Gasteiger partial charge >= 0.3 is 0 Å². The van der Waals surface area contributed by atoms with Gasteiger partial charge in [0, 0.05) is 10.9 Å². The van der Waals surface area contributed by atoms with Crippen LogP contribution in [0.15, 0.2) is 15.9 Å². The molecule has 11 heavy (non-hydrogen) atoms. The number of rotatable bonds is 2. The van der Waals surface area contributed by atoms with Crippen molar-refractivity contribution in [2.75, 3.05) is 0 Å². The summed E-state index contributed by atoms with van der Waals surface area (Å²) in [7, 11) is 0. The van der Waals surface area contributed by atoms with Crippen molar-refractivity contribution in [3.63, 3.8) is 0 Å². The van der Waals surface area contributed by atoms with Crippen LogP contribution in [0.5, 0.6) is 0 Å². The predicted molar refractivity (Wildman–Crippen MR) is 53.8 cm³/mol. The van der Waals surface area contributed by atoms with Crippen molar-refractivity contribution in [3.8, 4) is 0 Å². The minimum absolute atomic E-state index is 0.186. The van der Waals surface area contributed by atoms with Crippen molar-refractivity contribution in [2.24, 2.45) is 11.7 Å². The maximum atomic E-state index is 5.94. The largest absolute Gasteiger partial charge is 0.323 e. The molecule has 0 radical (unpaired) electrons. The zero-order chi connectivity index (χ0) is 8.43. The first-order valence-corrected chi connectivity index (χ1v) is 5.23. The summed E-state index contributed by atoms with van der Waals surface area (Å²) in [6.07, 6.45) is 0. The molecule has 0 fully saturated rings. The molecule has 3 heteroatoms. The van der Waals surface area contributed by atoms with Crippen molar-refractivity contribution in [1.29, 1.82) is 0 Å². The van der Waals surface area contributed by atoms with E-state index in [1.807, 2.05) is 6.07 Å². The lowest BCUT2D eigenvalue weighted by atomic mass is 10.0. The minimum Gasteiger partial charge on any atom is -0.323 e. The Hall–Kier alpha value is 0.140. The van der Waals surface area contributed by atoms with Gasteiger partial charge in [0.05, 0.1) is 3.79 Å². The monoisotopic (exact) mass is 233 g/mol. The molecule has 1 heterocycles. The molecule has 0 saturated heterocycles. The van der Waals surface area contributed by atoms with E-state index in [9.17, 15) is 0 Å². The highest BCUT2D eigenvalue weighted by atomic mass is 79.9. The maximum Gasteiger partial charge on any atom is 0.0701 e. The van der Waals surface area contributed by atoms with E-state index in [0.29, 0.717) is 5.92 Å². The standard InChI is InChI=1S/C8H12BrNS/c1-5(2)8(10)6-3-4-7(9)11-6/h3-5,8H,10H2,1-2H3/t8-/m0/s1. The molecule has 62 valence electrons. The third-order valence-corrected chi connectivity index (χ3v) is 3.37. The van der Waals surface area contributed by atoms with Crippen molar-refractivity contribution in [3.05, 3.63) is 20.8 Å². The fourth-order valence-electron chi connectivity index (χ4n) is 0.836. The predicted octanol–water partition coefficient (Wildman–Crippen LogP) is 3.17. The van der Waals surface area contributed by atoms with Gasteiger partial charge in [-0.2, -0.15) is 0 Å². The van der Waals surface area contributed by atoms with Crippen LogP contribution in [-0.2, 0) is 0 Å². The van der Waals surface area contributed by atoms with E-state index < -0.39 is 0 Å². The van der Waals surface area contributed by atoms with Gasteiger partial charge in [-0.3, -0.25) is 0 Å². The third-order valence-electron chi connectivity index (χ3n) is 1.64. The van der Waals surface area contributed by atoms with E-state index in [0.717, 1.165) is 3.79 Å². The van der Waals surface area contributed by atoms with Crippen molar-refractivity contribution in [1.82, 2.24) is 0 Å². The molecule has 1 atom stereocenters. The SMILES string of the molecule is CC(C)[C@H](N)c1ccc(Br)s1. The van der Waals surface area contributed by atoms with Crippen LogP contribution in [0.2, 0.25) is 0 Å². The molecule has 1 aromatic heterocycles. The summed E-state index contributed by atoms with van der Waals surface area (Å²) in [6, 6.07) is 4.31. The van der Waals surface area contributed by atoms with Gasteiger partial charge in [0.2, 0.25) is 0 Å². The molecule has 1 rings (SSSR count). The van der Waals surface area contributed by atoms with E-state index in [1.165, 1.54) is 4.88 Å². The van der Waals surface area contributed by atoms with Crippen LogP contribution in [0.4, 0.5) is 0 Å². The fraction of sp³-hybridized carbons (Fsp3) is 0.500. The molecule has 0 spiro atoms. The van der Waals surface area contributed by atoms with Gasteiger partial charge in [0.15, 0.2) is 0 Å². The van der Waals surface area contributed by atoms with E-state index in [2.05, 4.69) is 35.8 Å². The molecule has 0 aliphatic heterocycles. The zero-order valence-corrected chi connectivity index (χ0v) is 9.08. The smallest absolute Gasteiger partial charge is 0.0701 e. The molecule has 0 amide bonds. The van der Waals surface area contributed by atoms with Crippen LogP contribution in [0.1, 0.15) is 24.8 Å². The molecule has 1 nitrogen and oxygen atoms in total. The summed E-state index contributed by atoms with van der Waals surface area (Å²) in [6.45, 7) is 4.27. The van der Waals surface area contributed by atoms with E-state index in [-0.39, 0.29) is 6.04 Å². The Balaban J connectivity index is 2.76. The first-order valence-electron chi connectivity index (χ1n) is 3.62. The normalized spacial score (nSPS) is 13.9. The second-order valence-electron chi connectivity index (χ2n) is 2.91. The van der Waals surface area contributed by atoms with Gasteiger partial charge in [-0.1, -0.05) is 13.8 Å². The van der Waals surface area contributed by atoms with Crippen molar-refractivity contribution in [2.45, 2.75) is 19.9 Å². The summed E-state index contributed by atoms with van der Waals surface area (Å²) in [5.74, 6) is 0.514. The van der Waals surface area contributed by atoms with Gasteiger partial charge in [-0.05, 0) is 34.0 Å². The number of halogens is 1. The van der Waals surface area contributed by atoms with Crippen LogP contribution in [0, 0.1) is 5.92 Å². The summed E-state index contributed by atoms with van der Waals surface area (Å²) >= 11 is 5.13. The van der Waals surface area contributed by atoms with Gasteiger partial charge in [0.25, 0.3) is 0 Å². The highest BCUT2D eigenvalue weighted by Gasteiger charge is 2.11. The van der Waals surface area contributed by atoms with Gasteiger partial charge in [-0.15, -0.1) is 11.3 Å². The van der Waals surface area contributed by atoms with Crippen LogP contribution in [0.25, 0.3) is 0 Å². The van der Waals surface area contributed by atoms with E-state index in [4.69, 9.17) is 5.73 Å².